The van der Waals surface area contributed by atoms with Crippen LogP contribution in [-0.2, 0) is 11.2 Å². The van der Waals surface area contributed by atoms with E-state index in [0.717, 1.165) is 57.5 Å². The van der Waals surface area contributed by atoms with Crippen LogP contribution in [-0.4, -0.2) is 71.5 Å². The van der Waals surface area contributed by atoms with Gasteiger partial charge in [0, 0.05) is 33.8 Å². The molecular weight excluding hydrogens is 455 g/mol. The predicted molar refractivity (Wildman–Crippen MR) is 123 cm³/mol. The zero-order chi connectivity index (χ0) is 18.6. The Morgan fingerprint density at radius 2 is 1.93 bits per heavy atom. The van der Waals surface area contributed by atoms with Crippen molar-refractivity contribution in [3.8, 4) is 5.75 Å². The molecule has 2 N–H and O–H groups in total. The van der Waals surface area contributed by atoms with Crippen molar-refractivity contribution in [1.82, 2.24) is 15.5 Å². The van der Waals surface area contributed by atoms with E-state index in [1.54, 1.807) is 14.2 Å². The lowest BCUT2D eigenvalue weighted by Crippen LogP contribution is -2.43. The fourth-order valence-electron chi connectivity index (χ4n) is 3.32. The fraction of sp³-hybridized carbons (Fsp3) is 0.650. The Kier molecular flexibility index (Phi) is 12.4. The fourth-order valence-corrected chi connectivity index (χ4v) is 3.32. The van der Waals surface area contributed by atoms with Crippen LogP contribution in [0.5, 0.6) is 5.75 Å². The molecular formula is C20H35IN4O2. The van der Waals surface area contributed by atoms with Crippen LogP contribution in [0.2, 0.25) is 0 Å². The third-order valence-corrected chi connectivity index (χ3v) is 4.98. The summed E-state index contributed by atoms with van der Waals surface area (Å²) in [5.41, 5.74) is 1.21. The second kappa shape index (κ2) is 14.0. The maximum Gasteiger partial charge on any atom is 0.190 e. The summed E-state index contributed by atoms with van der Waals surface area (Å²) in [6.07, 6.45) is 3.37. The van der Waals surface area contributed by atoms with Crippen LogP contribution in [0, 0.1) is 5.92 Å². The number of ether oxygens (including phenoxy) is 2. The van der Waals surface area contributed by atoms with Crippen LogP contribution in [0.3, 0.4) is 0 Å². The number of piperidine rings is 1. The highest BCUT2D eigenvalue weighted by atomic mass is 127. The van der Waals surface area contributed by atoms with E-state index in [4.69, 9.17) is 9.47 Å². The van der Waals surface area contributed by atoms with Crippen molar-refractivity contribution in [2.45, 2.75) is 19.3 Å². The van der Waals surface area contributed by atoms with E-state index < -0.39 is 0 Å². The highest BCUT2D eigenvalue weighted by Gasteiger charge is 2.18. The number of aliphatic imine (C=N–C) groups is 1. The maximum atomic E-state index is 5.40. The number of rotatable bonds is 9. The summed E-state index contributed by atoms with van der Waals surface area (Å²) in [6.45, 7) is 6.00. The molecule has 1 saturated heterocycles. The minimum absolute atomic E-state index is 0. The number of halogens is 1. The van der Waals surface area contributed by atoms with E-state index in [1.165, 1.54) is 18.4 Å². The highest BCUT2D eigenvalue weighted by molar-refractivity contribution is 14.0. The van der Waals surface area contributed by atoms with Gasteiger partial charge < -0.3 is 25.0 Å². The smallest absolute Gasteiger partial charge is 0.190 e. The zero-order valence-electron chi connectivity index (χ0n) is 16.9. The normalized spacial score (nSPS) is 15.9. The van der Waals surface area contributed by atoms with Gasteiger partial charge >= 0.3 is 0 Å². The van der Waals surface area contributed by atoms with Crippen molar-refractivity contribution in [1.29, 1.82) is 0 Å². The molecule has 0 unspecified atom stereocenters. The number of guanidine groups is 1. The molecule has 2 rings (SSSR count). The molecule has 1 heterocycles. The second-order valence-electron chi connectivity index (χ2n) is 6.72. The molecule has 1 aromatic rings. The number of nitrogens with zero attached hydrogens (tertiary/aromatic N) is 2. The minimum atomic E-state index is 0. The molecule has 0 saturated carbocycles. The number of likely N-dealkylation sites (tertiary alicyclic amines) is 1. The van der Waals surface area contributed by atoms with Crippen LogP contribution in [0.1, 0.15) is 18.4 Å². The van der Waals surface area contributed by atoms with Gasteiger partial charge in [0.25, 0.3) is 0 Å². The Labute approximate surface area is 181 Å². The van der Waals surface area contributed by atoms with Crippen molar-refractivity contribution < 1.29 is 9.47 Å². The molecule has 154 valence electrons. The van der Waals surface area contributed by atoms with Crippen LogP contribution < -0.4 is 15.4 Å². The molecule has 6 nitrogen and oxygen atoms in total. The van der Waals surface area contributed by atoms with Gasteiger partial charge in [-0.25, -0.2) is 0 Å². The first-order valence-electron chi connectivity index (χ1n) is 9.54. The average molecular weight is 490 g/mol. The second-order valence-corrected chi connectivity index (χ2v) is 6.72. The Morgan fingerprint density at radius 1 is 1.19 bits per heavy atom. The topological polar surface area (TPSA) is 58.1 Å². The molecule has 0 radical (unpaired) electrons. The number of methoxy groups -OCH3 is 2. The molecule has 0 spiro atoms. The van der Waals surface area contributed by atoms with Crippen molar-refractivity contribution in [3.05, 3.63) is 29.8 Å². The number of hydrogen-bond donors (Lipinski definition) is 2. The first kappa shape index (κ1) is 24.0. The van der Waals surface area contributed by atoms with Crippen LogP contribution in [0.4, 0.5) is 0 Å². The third kappa shape index (κ3) is 8.66. The van der Waals surface area contributed by atoms with E-state index in [9.17, 15) is 0 Å². The maximum absolute atomic E-state index is 5.40. The Hall–Kier alpha value is -1.06. The van der Waals surface area contributed by atoms with Crippen LogP contribution >= 0.6 is 24.0 Å². The van der Waals surface area contributed by atoms with Gasteiger partial charge in [-0.2, -0.15) is 0 Å². The molecule has 7 heteroatoms. The molecule has 0 aliphatic carbocycles. The van der Waals surface area contributed by atoms with Gasteiger partial charge in [0.05, 0.1) is 13.7 Å². The minimum Gasteiger partial charge on any atom is -0.496 e. The lowest BCUT2D eigenvalue weighted by atomic mass is 9.97. The number of para-hydroxylation sites is 1. The Bertz CT molecular complexity index is 549. The largest absolute Gasteiger partial charge is 0.496 e. The zero-order valence-corrected chi connectivity index (χ0v) is 19.2. The monoisotopic (exact) mass is 490 g/mol. The SMILES string of the molecule is CN=C(NCCc1ccccc1OC)NCC1CCN(CCOC)CC1.I. The van der Waals surface area contributed by atoms with Gasteiger partial charge in [0.2, 0.25) is 0 Å². The molecule has 1 aromatic carbocycles. The van der Waals surface area contributed by atoms with Crippen LogP contribution in [0.25, 0.3) is 0 Å². The van der Waals surface area contributed by atoms with E-state index in [0.29, 0.717) is 5.92 Å². The van der Waals surface area contributed by atoms with Crippen molar-refractivity contribution in [2.24, 2.45) is 10.9 Å². The highest BCUT2D eigenvalue weighted by Crippen LogP contribution is 2.17. The van der Waals surface area contributed by atoms with Gasteiger partial charge in [-0.3, -0.25) is 4.99 Å². The van der Waals surface area contributed by atoms with Gasteiger partial charge in [0.1, 0.15) is 5.75 Å². The summed E-state index contributed by atoms with van der Waals surface area (Å²) in [4.78, 5) is 6.82. The number of nitrogens with one attached hydrogen (secondary N) is 2. The lowest BCUT2D eigenvalue weighted by Gasteiger charge is -2.32. The lowest BCUT2D eigenvalue weighted by molar-refractivity contribution is 0.121. The first-order valence-corrected chi connectivity index (χ1v) is 9.54. The Balaban J connectivity index is 0.00000364. The van der Waals surface area contributed by atoms with E-state index in [1.807, 2.05) is 25.2 Å². The first-order chi connectivity index (χ1) is 12.8. The van der Waals surface area contributed by atoms with E-state index in [-0.39, 0.29) is 24.0 Å². The summed E-state index contributed by atoms with van der Waals surface area (Å²) in [7, 11) is 5.31. The van der Waals surface area contributed by atoms with Crippen molar-refractivity contribution in [2.75, 3.05) is 60.6 Å². The van der Waals surface area contributed by atoms with Crippen molar-refractivity contribution in [3.63, 3.8) is 0 Å². The summed E-state index contributed by atoms with van der Waals surface area (Å²) in [5.74, 6) is 2.53. The number of hydrogen-bond acceptors (Lipinski definition) is 4. The van der Waals surface area contributed by atoms with Gasteiger partial charge in [-0.15, -0.1) is 24.0 Å². The summed E-state index contributed by atoms with van der Waals surface area (Å²) in [6, 6.07) is 8.15. The molecule has 1 fully saturated rings. The van der Waals surface area contributed by atoms with E-state index in [2.05, 4.69) is 26.6 Å². The van der Waals surface area contributed by atoms with Crippen molar-refractivity contribution >= 4 is 29.9 Å². The molecule has 1 aliphatic heterocycles. The van der Waals surface area contributed by atoms with Gasteiger partial charge in [-0.05, 0) is 49.9 Å². The summed E-state index contributed by atoms with van der Waals surface area (Å²) in [5, 5.41) is 6.88. The molecule has 0 bridgehead atoms. The molecule has 1 aliphatic rings. The molecule has 0 atom stereocenters. The van der Waals surface area contributed by atoms with Gasteiger partial charge in [-0.1, -0.05) is 18.2 Å². The molecule has 0 amide bonds. The Morgan fingerprint density at radius 3 is 2.59 bits per heavy atom. The third-order valence-electron chi connectivity index (χ3n) is 4.98. The van der Waals surface area contributed by atoms with Gasteiger partial charge in [0.15, 0.2) is 5.96 Å². The summed E-state index contributed by atoms with van der Waals surface area (Å²) >= 11 is 0. The standard InChI is InChI=1S/C20H34N4O2.HI/c1-21-20(22-11-8-18-6-4-5-7-19(18)26-3)23-16-17-9-12-24(13-10-17)14-15-25-2;/h4-7,17H,8-16H2,1-3H3,(H2,21,22,23);1H. The quantitative estimate of drug-likeness (QED) is 0.316. The average Bonchev–Trinajstić information content (AvgIpc) is 2.70. The van der Waals surface area contributed by atoms with E-state index >= 15 is 0 Å². The predicted octanol–water partition coefficient (Wildman–Crippen LogP) is 2.38. The number of benzene rings is 1. The molecule has 0 aromatic heterocycles. The summed E-state index contributed by atoms with van der Waals surface area (Å²) < 4.78 is 10.6. The molecule has 27 heavy (non-hydrogen) atoms. The van der Waals surface area contributed by atoms with Crippen LogP contribution in [0.15, 0.2) is 29.3 Å².